The molecule has 0 saturated heterocycles. The van der Waals surface area contributed by atoms with E-state index in [4.69, 9.17) is 0 Å². The maximum Gasteiger partial charge on any atom is 0.421 e. The van der Waals surface area contributed by atoms with Crippen LogP contribution in [0.5, 0.6) is 0 Å². The molecule has 1 N–H and O–H groups in total. The number of amides is 1. The van der Waals surface area contributed by atoms with Crippen LogP contribution < -0.4 is 10.9 Å². The van der Waals surface area contributed by atoms with Gasteiger partial charge in [0.1, 0.15) is 12.1 Å². The number of halogens is 3. The Bertz CT molecular complexity index is 1240. The Balaban J connectivity index is 1.60. The van der Waals surface area contributed by atoms with Crippen LogP contribution >= 0.6 is 0 Å². The molecule has 1 aliphatic rings. The summed E-state index contributed by atoms with van der Waals surface area (Å²) in [4.78, 5) is 25.0. The van der Waals surface area contributed by atoms with E-state index in [0.29, 0.717) is 34.6 Å². The number of anilines is 1. The number of benzene rings is 1. The molecule has 0 radical (unpaired) electrons. The van der Waals surface area contributed by atoms with Gasteiger partial charge in [0.15, 0.2) is 0 Å². The van der Waals surface area contributed by atoms with Gasteiger partial charge in [-0.05, 0) is 51.8 Å². The molecule has 0 unspecified atom stereocenters. The molecule has 2 aromatic heterocycles. The maximum atomic E-state index is 13.3. The van der Waals surface area contributed by atoms with E-state index in [0.717, 1.165) is 17.3 Å². The minimum Gasteiger partial charge on any atom is -0.321 e. The Kier molecular flexibility index (Phi) is 5.39. The maximum absolute atomic E-state index is 13.3. The molecule has 10 heteroatoms. The first-order valence-corrected chi connectivity index (χ1v) is 10.2. The van der Waals surface area contributed by atoms with E-state index in [-0.39, 0.29) is 11.6 Å². The van der Waals surface area contributed by atoms with Crippen molar-refractivity contribution in [2.45, 2.75) is 52.3 Å². The Morgan fingerprint density at radius 1 is 1.12 bits per heavy atom. The molecule has 2 heterocycles. The Morgan fingerprint density at radius 3 is 2.38 bits per heavy atom. The van der Waals surface area contributed by atoms with Gasteiger partial charge in [-0.2, -0.15) is 23.4 Å². The summed E-state index contributed by atoms with van der Waals surface area (Å²) in [6, 6.07) is 8.46. The van der Waals surface area contributed by atoms with Crippen molar-refractivity contribution in [1.82, 2.24) is 19.6 Å². The summed E-state index contributed by atoms with van der Waals surface area (Å²) < 4.78 is 42.2. The largest absolute Gasteiger partial charge is 0.421 e. The van der Waals surface area contributed by atoms with Gasteiger partial charge in [0, 0.05) is 5.92 Å². The highest BCUT2D eigenvalue weighted by atomic mass is 19.4. The van der Waals surface area contributed by atoms with Gasteiger partial charge in [0.25, 0.3) is 5.56 Å². The summed E-state index contributed by atoms with van der Waals surface area (Å²) in [5.74, 6) is -0.765. The molecule has 0 aliphatic heterocycles. The fourth-order valence-electron chi connectivity index (χ4n) is 3.53. The van der Waals surface area contributed by atoms with E-state index in [1.165, 1.54) is 0 Å². The van der Waals surface area contributed by atoms with Crippen LogP contribution in [0.3, 0.4) is 0 Å². The van der Waals surface area contributed by atoms with Crippen molar-refractivity contribution >= 4 is 11.6 Å². The predicted molar refractivity (Wildman–Crippen MR) is 112 cm³/mol. The van der Waals surface area contributed by atoms with Crippen molar-refractivity contribution in [3.63, 3.8) is 0 Å². The molecule has 4 rings (SSSR count). The van der Waals surface area contributed by atoms with E-state index in [1.54, 1.807) is 18.5 Å². The highest BCUT2D eigenvalue weighted by Gasteiger charge is 2.37. The summed E-state index contributed by atoms with van der Waals surface area (Å²) in [5.41, 5.74) is 1.09. The normalized spacial score (nSPS) is 13.9. The molecule has 168 valence electrons. The van der Waals surface area contributed by atoms with Crippen LogP contribution in [0, 0.1) is 20.8 Å². The second-order valence-corrected chi connectivity index (χ2v) is 8.06. The molecular formula is C22H22F3N5O2. The van der Waals surface area contributed by atoms with Crippen LogP contribution in [-0.4, -0.2) is 25.5 Å². The monoisotopic (exact) mass is 445 g/mol. The van der Waals surface area contributed by atoms with Crippen LogP contribution in [0.1, 0.15) is 47.0 Å². The highest BCUT2D eigenvalue weighted by Crippen LogP contribution is 2.40. The standard InChI is InChI=1S/C22H22F3N5O2/c1-12-4-8-16(9-5-12)30-14(3)20(13(2)27-30)26-19(31)11-29-21(32)17(22(23,24)25)10-18(28-29)15-6-7-15/h4-5,8-10,15H,6-7,11H2,1-3H3,(H,26,31). The first-order valence-electron chi connectivity index (χ1n) is 10.2. The van der Waals surface area contributed by atoms with E-state index in [2.05, 4.69) is 15.5 Å². The lowest BCUT2D eigenvalue weighted by Crippen LogP contribution is -2.35. The van der Waals surface area contributed by atoms with Crippen LogP contribution in [0.4, 0.5) is 18.9 Å². The number of nitrogens with one attached hydrogen (secondary N) is 1. The molecule has 1 aliphatic carbocycles. The van der Waals surface area contributed by atoms with Gasteiger partial charge < -0.3 is 5.32 Å². The van der Waals surface area contributed by atoms with E-state index >= 15 is 0 Å². The topological polar surface area (TPSA) is 81.8 Å². The molecule has 1 amide bonds. The third-order valence-electron chi connectivity index (χ3n) is 5.42. The van der Waals surface area contributed by atoms with Gasteiger partial charge in [-0.3, -0.25) is 9.59 Å². The Labute approximate surface area is 181 Å². The second kappa shape index (κ2) is 7.92. The first-order chi connectivity index (χ1) is 15.0. The molecule has 1 aromatic carbocycles. The smallest absolute Gasteiger partial charge is 0.321 e. The molecular weight excluding hydrogens is 423 g/mol. The summed E-state index contributed by atoms with van der Waals surface area (Å²) >= 11 is 0. The van der Waals surface area contributed by atoms with Crippen molar-refractivity contribution in [2.24, 2.45) is 0 Å². The Morgan fingerprint density at radius 2 is 1.78 bits per heavy atom. The summed E-state index contributed by atoms with van der Waals surface area (Å²) in [7, 11) is 0. The number of aryl methyl sites for hydroxylation is 2. The van der Waals surface area contributed by atoms with Crippen molar-refractivity contribution in [3.8, 4) is 5.69 Å². The van der Waals surface area contributed by atoms with Crippen LogP contribution in [0.2, 0.25) is 0 Å². The van der Waals surface area contributed by atoms with Crippen molar-refractivity contribution < 1.29 is 18.0 Å². The number of hydrogen-bond donors (Lipinski definition) is 1. The van der Waals surface area contributed by atoms with Crippen molar-refractivity contribution in [1.29, 1.82) is 0 Å². The van der Waals surface area contributed by atoms with E-state index < -0.39 is 29.8 Å². The quantitative estimate of drug-likeness (QED) is 0.646. The molecule has 7 nitrogen and oxygen atoms in total. The van der Waals surface area contributed by atoms with Crippen molar-refractivity contribution in [3.05, 3.63) is 68.9 Å². The number of aromatic nitrogens is 4. The van der Waals surface area contributed by atoms with Gasteiger partial charge in [-0.15, -0.1) is 0 Å². The zero-order valence-corrected chi connectivity index (χ0v) is 17.8. The Hall–Kier alpha value is -3.43. The minimum atomic E-state index is -4.82. The molecule has 1 fully saturated rings. The number of hydrogen-bond acceptors (Lipinski definition) is 4. The lowest BCUT2D eigenvalue weighted by molar-refractivity contribution is -0.139. The van der Waals surface area contributed by atoms with Gasteiger partial charge in [0.2, 0.25) is 5.91 Å². The zero-order valence-electron chi connectivity index (χ0n) is 17.8. The lowest BCUT2D eigenvalue weighted by Gasteiger charge is -2.12. The molecule has 3 aromatic rings. The minimum absolute atomic E-state index is 0.108. The first kappa shape index (κ1) is 21.8. The second-order valence-electron chi connectivity index (χ2n) is 8.06. The van der Waals surface area contributed by atoms with Gasteiger partial charge >= 0.3 is 6.18 Å². The molecule has 32 heavy (non-hydrogen) atoms. The van der Waals surface area contributed by atoms with Gasteiger partial charge in [0.05, 0.1) is 28.5 Å². The molecule has 0 spiro atoms. The van der Waals surface area contributed by atoms with Gasteiger partial charge in [-0.1, -0.05) is 17.7 Å². The van der Waals surface area contributed by atoms with Crippen LogP contribution in [0.25, 0.3) is 5.69 Å². The number of carbonyl (C=O) groups excluding carboxylic acids is 1. The van der Waals surface area contributed by atoms with E-state index in [1.807, 2.05) is 31.2 Å². The number of alkyl halides is 3. The van der Waals surface area contributed by atoms with Crippen molar-refractivity contribution in [2.75, 3.05) is 5.32 Å². The predicted octanol–water partition coefficient (Wildman–Crippen LogP) is 3.89. The fourth-order valence-corrected chi connectivity index (χ4v) is 3.53. The molecule has 1 saturated carbocycles. The van der Waals surface area contributed by atoms with E-state index in [9.17, 15) is 22.8 Å². The summed E-state index contributed by atoms with van der Waals surface area (Å²) in [6.45, 7) is 4.83. The number of carbonyl (C=O) groups is 1. The van der Waals surface area contributed by atoms with Gasteiger partial charge in [-0.25, -0.2) is 9.36 Å². The summed E-state index contributed by atoms with van der Waals surface area (Å²) in [5, 5.41) is 11.1. The third kappa shape index (κ3) is 4.30. The molecule has 0 bridgehead atoms. The highest BCUT2D eigenvalue weighted by molar-refractivity contribution is 5.91. The average Bonchev–Trinajstić information content (AvgIpc) is 3.52. The fraction of sp³-hybridized carbons (Fsp3) is 0.364. The summed E-state index contributed by atoms with van der Waals surface area (Å²) in [6.07, 6.45) is -3.39. The van der Waals surface area contributed by atoms with Crippen LogP contribution in [-0.2, 0) is 17.5 Å². The third-order valence-corrected chi connectivity index (χ3v) is 5.42. The average molecular weight is 445 g/mol. The number of rotatable bonds is 5. The molecule has 0 atom stereocenters. The SMILES string of the molecule is Cc1ccc(-n2nc(C)c(NC(=O)Cn3nc(C4CC4)cc(C(F)(F)F)c3=O)c2C)cc1. The zero-order chi connectivity index (χ0) is 23.2. The number of nitrogens with zero attached hydrogens (tertiary/aromatic N) is 4. The van der Waals surface area contributed by atoms with Crippen LogP contribution in [0.15, 0.2) is 35.1 Å². The lowest BCUT2D eigenvalue weighted by atomic mass is 10.2.